The summed E-state index contributed by atoms with van der Waals surface area (Å²) in [5, 5.41) is 0. The first-order valence-electron chi connectivity index (χ1n) is 6.32. The molecular formula is C15H22S. The smallest absolute Gasteiger partial charge is 0.0102 e. The largest absolute Gasteiger partial charge is 0.0900 e. The lowest BCUT2D eigenvalue weighted by Crippen LogP contribution is -1.88. The molecule has 1 aromatic carbocycles. The number of benzene rings is 1. The van der Waals surface area contributed by atoms with E-state index in [-0.39, 0.29) is 0 Å². The molecular weight excluding hydrogens is 212 g/mol. The molecule has 0 aliphatic carbocycles. The van der Waals surface area contributed by atoms with Gasteiger partial charge in [-0.3, -0.25) is 0 Å². The lowest BCUT2D eigenvalue weighted by atomic mass is 10.0. The van der Waals surface area contributed by atoms with Crippen LogP contribution in [0.4, 0.5) is 0 Å². The Morgan fingerprint density at radius 1 is 0.938 bits per heavy atom. The van der Waals surface area contributed by atoms with Crippen LogP contribution in [0.25, 0.3) is 0 Å². The third-order valence-electron chi connectivity index (χ3n) is 2.84. The fraction of sp³-hybridized carbons (Fsp3) is 0.533. The van der Waals surface area contributed by atoms with Crippen molar-refractivity contribution in [3.8, 4) is 0 Å². The van der Waals surface area contributed by atoms with Gasteiger partial charge >= 0.3 is 0 Å². The molecule has 16 heavy (non-hydrogen) atoms. The molecule has 0 radical (unpaired) electrons. The number of hydrogen-bond donors (Lipinski definition) is 0. The van der Waals surface area contributed by atoms with E-state index in [9.17, 15) is 0 Å². The Balaban J connectivity index is 1.94. The second-order valence-corrected chi connectivity index (χ2v) is 5.15. The molecule has 0 atom stereocenters. The number of rotatable bonds is 8. The molecule has 0 saturated heterocycles. The zero-order valence-electron chi connectivity index (χ0n) is 10.2. The molecule has 0 aliphatic rings. The Labute approximate surface area is 105 Å². The fourth-order valence-electron chi connectivity index (χ4n) is 1.88. The van der Waals surface area contributed by atoms with Crippen LogP contribution < -0.4 is 0 Å². The second-order valence-electron chi connectivity index (χ2n) is 4.46. The third-order valence-corrected chi connectivity index (χ3v) is 3.04. The summed E-state index contributed by atoms with van der Waals surface area (Å²) in [5.74, 6) is 0. The van der Waals surface area contributed by atoms with E-state index >= 15 is 0 Å². The van der Waals surface area contributed by atoms with Gasteiger partial charge in [-0.1, -0.05) is 61.8 Å². The first-order chi connectivity index (χ1) is 7.79. The summed E-state index contributed by atoms with van der Waals surface area (Å²) in [5.41, 5.74) is 1.47. The Hall–Kier alpha value is -0.690. The normalized spacial score (nSPS) is 10.3. The van der Waals surface area contributed by atoms with Crippen LogP contribution in [0.3, 0.4) is 0 Å². The molecule has 88 valence electrons. The van der Waals surface area contributed by atoms with Gasteiger partial charge in [-0.05, 0) is 43.0 Å². The number of thiocarbonyl (C=S) groups is 1. The van der Waals surface area contributed by atoms with E-state index in [2.05, 4.69) is 30.3 Å². The Bertz CT molecular complexity index is 290. The molecule has 0 aromatic heterocycles. The maximum absolute atomic E-state index is 5.06. The molecule has 0 N–H and O–H groups in total. The van der Waals surface area contributed by atoms with Crippen molar-refractivity contribution in [2.75, 3.05) is 0 Å². The predicted molar refractivity (Wildman–Crippen MR) is 76.1 cm³/mol. The van der Waals surface area contributed by atoms with Crippen LogP contribution in [0, 0.1) is 0 Å². The monoisotopic (exact) mass is 234 g/mol. The summed E-state index contributed by atoms with van der Waals surface area (Å²) in [6.45, 7) is 2.05. The summed E-state index contributed by atoms with van der Waals surface area (Å²) in [6.07, 6.45) is 9.01. The molecule has 0 heterocycles. The Morgan fingerprint density at radius 3 is 2.25 bits per heavy atom. The molecule has 1 aromatic rings. The molecule has 0 amide bonds. The predicted octanol–water partition coefficient (Wildman–Crippen LogP) is 4.96. The van der Waals surface area contributed by atoms with E-state index in [0.717, 1.165) is 11.3 Å². The fourth-order valence-corrected chi connectivity index (χ4v) is 2.02. The number of unbranched alkanes of at least 4 members (excludes halogenated alkanes) is 4. The van der Waals surface area contributed by atoms with Gasteiger partial charge in [-0.15, -0.1) is 0 Å². The SMILES string of the molecule is CC(=S)CCCCCCCc1ccccc1. The first-order valence-corrected chi connectivity index (χ1v) is 6.73. The molecule has 1 rings (SSSR count). The second kappa shape index (κ2) is 8.46. The van der Waals surface area contributed by atoms with Gasteiger partial charge in [0.25, 0.3) is 0 Å². The van der Waals surface area contributed by atoms with Gasteiger partial charge in [0.15, 0.2) is 0 Å². The molecule has 0 nitrogen and oxygen atoms in total. The van der Waals surface area contributed by atoms with E-state index in [1.165, 1.54) is 44.1 Å². The summed E-state index contributed by atoms with van der Waals surface area (Å²) < 4.78 is 0. The average Bonchev–Trinajstić information content (AvgIpc) is 2.29. The minimum atomic E-state index is 1.13. The summed E-state index contributed by atoms with van der Waals surface area (Å²) in [7, 11) is 0. The van der Waals surface area contributed by atoms with Crippen LogP contribution in [0.5, 0.6) is 0 Å². The lowest BCUT2D eigenvalue weighted by molar-refractivity contribution is 0.623. The van der Waals surface area contributed by atoms with Crippen molar-refractivity contribution in [2.24, 2.45) is 0 Å². The van der Waals surface area contributed by atoms with Gasteiger partial charge in [0.2, 0.25) is 0 Å². The molecule has 1 heteroatoms. The van der Waals surface area contributed by atoms with Gasteiger partial charge < -0.3 is 0 Å². The van der Waals surface area contributed by atoms with Crippen molar-refractivity contribution >= 4 is 17.1 Å². The van der Waals surface area contributed by atoms with Crippen LogP contribution in [0.1, 0.15) is 51.0 Å². The summed E-state index contributed by atoms with van der Waals surface area (Å²) in [6, 6.07) is 10.8. The highest BCUT2D eigenvalue weighted by Crippen LogP contribution is 2.10. The van der Waals surface area contributed by atoms with Crippen LogP contribution in [-0.2, 0) is 6.42 Å². The van der Waals surface area contributed by atoms with Crippen molar-refractivity contribution < 1.29 is 0 Å². The quantitative estimate of drug-likeness (QED) is 0.452. The van der Waals surface area contributed by atoms with Crippen molar-refractivity contribution in [3.05, 3.63) is 35.9 Å². The number of hydrogen-bond acceptors (Lipinski definition) is 1. The van der Waals surface area contributed by atoms with Crippen LogP contribution in [-0.4, -0.2) is 4.86 Å². The average molecular weight is 234 g/mol. The molecule has 0 spiro atoms. The summed E-state index contributed by atoms with van der Waals surface area (Å²) in [4.78, 5) is 1.16. The van der Waals surface area contributed by atoms with E-state index in [1.54, 1.807) is 0 Å². The first kappa shape index (κ1) is 13.4. The topological polar surface area (TPSA) is 0 Å². The van der Waals surface area contributed by atoms with Crippen molar-refractivity contribution in [2.45, 2.75) is 51.9 Å². The highest BCUT2D eigenvalue weighted by Gasteiger charge is 1.94. The van der Waals surface area contributed by atoms with E-state index in [0.29, 0.717) is 0 Å². The Kier molecular flexibility index (Phi) is 7.07. The van der Waals surface area contributed by atoms with Crippen LogP contribution in [0.15, 0.2) is 30.3 Å². The minimum Gasteiger partial charge on any atom is -0.0900 e. The highest BCUT2D eigenvalue weighted by molar-refractivity contribution is 7.80. The maximum Gasteiger partial charge on any atom is -0.0102 e. The van der Waals surface area contributed by atoms with Gasteiger partial charge in [-0.25, -0.2) is 0 Å². The summed E-state index contributed by atoms with van der Waals surface area (Å²) >= 11 is 5.06. The molecule has 0 unspecified atom stereocenters. The van der Waals surface area contributed by atoms with Crippen LogP contribution >= 0.6 is 12.2 Å². The van der Waals surface area contributed by atoms with Crippen molar-refractivity contribution in [3.63, 3.8) is 0 Å². The lowest BCUT2D eigenvalue weighted by Gasteiger charge is -2.02. The van der Waals surface area contributed by atoms with Gasteiger partial charge in [0.05, 0.1) is 0 Å². The van der Waals surface area contributed by atoms with Gasteiger partial charge in [-0.2, -0.15) is 0 Å². The maximum atomic E-state index is 5.06. The minimum absolute atomic E-state index is 1.13. The van der Waals surface area contributed by atoms with Crippen molar-refractivity contribution in [1.29, 1.82) is 0 Å². The van der Waals surface area contributed by atoms with Crippen molar-refractivity contribution in [1.82, 2.24) is 0 Å². The zero-order valence-corrected chi connectivity index (χ0v) is 11.1. The van der Waals surface area contributed by atoms with E-state index in [4.69, 9.17) is 12.2 Å². The highest BCUT2D eigenvalue weighted by atomic mass is 32.1. The van der Waals surface area contributed by atoms with Gasteiger partial charge in [0.1, 0.15) is 0 Å². The zero-order chi connectivity index (χ0) is 11.6. The standard InChI is InChI=1S/C15H22S/c1-14(16)10-6-3-2-4-7-11-15-12-8-5-9-13-15/h5,8-9,12-13H,2-4,6-7,10-11H2,1H3. The molecule has 0 bridgehead atoms. The molecule has 0 saturated carbocycles. The Morgan fingerprint density at radius 2 is 1.56 bits per heavy atom. The van der Waals surface area contributed by atoms with E-state index < -0.39 is 0 Å². The van der Waals surface area contributed by atoms with E-state index in [1.807, 2.05) is 6.92 Å². The molecule has 0 fully saturated rings. The van der Waals surface area contributed by atoms with Crippen LogP contribution in [0.2, 0.25) is 0 Å². The number of aryl methyl sites for hydroxylation is 1. The van der Waals surface area contributed by atoms with Gasteiger partial charge in [0, 0.05) is 0 Å². The third kappa shape index (κ3) is 6.73. The molecule has 0 aliphatic heterocycles.